The van der Waals surface area contributed by atoms with Gasteiger partial charge in [-0.25, -0.2) is 0 Å². The number of ether oxygens (including phenoxy) is 4. The predicted molar refractivity (Wildman–Crippen MR) is 360 cm³/mol. The molecule has 0 aromatic carbocycles. The molecule has 1 amide bonds. The van der Waals surface area contributed by atoms with Gasteiger partial charge in [-0.1, -0.05) is 299 Å². The Morgan fingerprint density at radius 2 is 0.784 bits per heavy atom. The number of allylic oxidation sites excluding steroid dienone is 12. The molecule has 2 aliphatic heterocycles. The summed E-state index contributed by atoms with van der Waals surface area (Å²) in [6.07, 6.45) is 62.3. The van der Waals surface area contributed by atoms with Gasteiger partial charge in [0.05, 0.1) is 32.0 Å². The van der Waals surface area contributed by atoms with E-state index in [4.69, 9.17) is 18.9 Å². The van der Waals surface area contributed by atoms with Crippen LogP contribution < -0.4 is 5.32 Å². The Morgan fingerprint density at radius 1 is 0.420 bits per heavy atom. The molecule has 512 valence electrons. The van der Waals surface area contributed by atoms with E-state index in [1.165, 1.54) is 180 Å². The van der Waals surface area contributed by atoms with Gasteiger partial charge >= 0.3 is 0 Å². The summed E-state index contributed by atoms with van der Waals surface area (Å²) in [5.41, 5.74) is 0. The fraction of sp³-hybridized carbons (Fsp3) is 0.824. The molecule has 0 bridgehead atoms. The zero-order chi connectivity index (χ0) is 63.8. The summed E-state index contributed by atoms with van der Waals surface area (Å²) >= 11 is 0. The lowest BCUT2D eigenvalue weighted by Crippen LogP contribution is -2.65. The van der Waals surface area contributed by atoms with Crippen LogP contribution in [-0.2, 0) is 23.7 Å². The number of aliphatic hydroxyl groups excluding tert-OH is 8. The molecule has 14 heteroatoms. The number of carbonyl (C=O) groups is 1. The maximum absolute atomic E-state index is 13.3. The van der Waals surface area contributed by atoms with Crippen molar-refractivity contribution in [3.8, 4) is 0 Å². The van der Waals surface area contributed by atoms with Gasteiger partial charge in [0.25, 0.3) is 0 Å². The van der Waals surface area contributed by atoms with Crippen LogP contribution >= 0.6 is 0 Å². The van der Waals surface area contributed by atoms with E-state index >= 15 is 0 Å². The molecule has 2 aliphatic rings. The highest BCUT2D eigenvalue weighted by atomic mass is 16.7. The first-order chi connectivity index (χ1) is 43.1. The number of hydrogen-bond donors (Lipinski definition) is 9. The van der Waals surface area contributed by atoms with Crippen LogP contribution in [0, 0.1) is 0 Å². The molecule has 0 aromatic rings. The van der Waals surface area contributed by atoms with Crippen LogP contribution in [-0.4, -0.2) is 140 Å². The summed E-state index contributed by atoms with van der Waals surface area (Å²) in [4.78, 5) is 13.3. The average molecular weight is 1240 g/mol. The number of hydrogen-bond acceptors (Lipinski definition) is 13. The van der Waals surface area contributed by atoms with Crippen molar-refractivity contribution in [2.75, 3.05) is 19.8 Å². The Morgan fingerprint density at radius 3 is 1.20 bits per heavy atom. The number of carbonyl (C=O) groups excluding carboxylic acids is 1. The molecule has 0 radical (unpaired) electrons. The van der Waals surface area contributed by atoms with Crippen LogP contribution in [0.4, 0.5) is 0 Å². The second kappa shape index (κ2) is 58.3. The minimum Gasteiger partial charge on any atom is -0.394 e. The van der Waals surface area contributed by atoms with E-state index in [2.05, 4.69) is 92.1 Å². The first-order valence-electron chi connectivity index (χ1n) is 36.2. The van der Waals surface area contributed by atoms with E-state index in [1.807, 2.05) is 0 Å². The fourth-order valence-corrected chi connectivity index (χ4v) is 11.7. The van der Waals surface area contributed by atoms with Crippen molar-refractivity contribution in [1.29, 1.82) is 0 Å². The molecule has 14 nitrogen and oxygen atoms in total. The van der Waals surface area contributed by atoms with Crippen molar-refractivity contribution < 1.29 is 64.6 Å². The molecular weight excluding hydrogens is 1110 g/mol. The highest BCUT2D eigenvalue weighted by Gasteiger charge is 2.51. The maximum Gasteiger partial charge on any atom is 0.220 e. The first kappa shape index (κ1) is 81.5. The Labute approximate surface area is 536 Å². The second-order valence-corrected chi connectivity index (χ2v) is 25.3. The Kier molecular flexibility index (Phi) is 54.0. The summed E-state index contributed by atoms with van der Waals surface area (Å²) < 4.78 is 22.9. The largest absolute Gasteiger partial charge is 0.394 e. The Balaban J connectivity index is 1.53. The average Bonchev–Trinajstić information content (AvgIpc) is 2.45. The number of aliphatic hydroxyl groups is 8. The smallest absolute Gasteiger partial charge is 0.220 e. The van der Waals surface area contributed by atoms with Gasteiger partial charge < -0.3 is 65.1 Å². The Bertz CT molecular complexity index is 1750. The first-order valence-corrected chi connectivity index (χ1v) is 36.2. The highest BCUT2D eigenvalue weighted by Crippen LogP contribution is 2.30. The number of rotatable bonds is 59. The third-order valence-corrected chi connectivity index (χ3v) is 17.4. The molecule has 9 N–H and O–H groups in total. The van der Waals surface area contributed by atoms with Crippen LogP contribution in [0.3, 0.4) is 0 Å². The van der Waals surface area contributed by atoms with E-state index in [0.717, 1.165) is 89.9 Å². The van der Waals surface area contributed by atoms with Crippen molar-refractivity contribution in [2.24, 2.45) is 0 Å². The second-order valence-electron chi connectivity index (χ2n) is 25.3. The summed E-state index contributed by atoms with van der Waals surface area (Å²) in [6, 6.07) is -0.828. The van der Waals surface area contributed by atoms with E-state index in [0.29, 0.717) is 12.8 Å². The van der Waals surface area contributed by atoms with Crippen molar-refractivity contribution in [2.45, 2.75) is 370 Å². The Hall–Kier alpha value is -2.57. The van der Waals surface area contributed by atoms with Gasteiger partial charge in [0.1, 0.15) is 48.8 Å². The van der Waals surface area contributed by atoms with Crippen molar-refractivity contribution >= 4 is 5.91 Å². The number of amides is 1. The molecule has 2 fully saturated rings. The van der Waals surface area contributed by atoms with E-state index in [9.17, 15) is 45.6 Å². The van der Waals surface area contributed by atoms with Crippen LogP contribution in [0.1, 0.15) is 296 Å². The van der Waals surface area contributed by atoms with Gasteiger partial charge in [-0.15, -0.1) is 0 Å². The quantitative estimate of drug-likeness (QED) is 0.0204. The molecule has 0 aromatic heterocycles. The van der Waals surface area contributed by atoms with Gasteiger partial charge in [-0.05, 0) is 64.2 Å². The van der Waals surface area contributed by atoms with Crippen molar-refractivity contribution in [1.82, 2.24) is 5.32 Å². The zero-order valence-corrected chi connectivity index (χ0v) is 55.7. The summed E-state index contributed by atoms with van der Waals surface area (Å²) in [5.74, 6) is -0.204. The molecule has 88 heavy (non-hydrogen) atoms. The van der Waals surface area contributed by atoms with Crippen molar-refractivity contribution in [3.05, 3.63) is 72.9 Å². The van der Waals surface area contributed by atoms with Gasteiger partial charge in [-0.3, -0.25) is 4.79 Å². The molecule has 2 heterocycles. The van der Waals surface area contributed by atoms with E-state index in [-0.39, 0.29) is 12.5 Å². The zero-order valence-electron chi connectivity index (χ0n) is 55.7. The summed E-state index contributed by atoms with van der Waals surface area (Å²) in [6.45, 7) is 2.76. The third-order valence-electron chi connectivity index (χ3n) is 17.4. The molecule has 12 atom stereocenters. The lowest BCUT2D eigenvalue weighted by Gasteiger charge is -2.46. The number of unbranched alkanes of at least 4 members (excludes halogenated alkanes) is 34. The minimum absolute atomic E-state index is 0.204. The lowest BCUT2D eigenvalue weighted by molar-refractivity contribution is -0.359. The topological polar surface area (TPSA) is 228 Å². The van der Waals surface area contributed by atoms with Gasteiger partial charge in [0.15, 0.2) is 12.6 Å². The molecule has 0 spiro atoms. The van der Waals surface area contributed by atoms with E-state index < -0.39 is 86.8 Å². The fourth-order valence-electron chi connectivity index (χ4n) is 11.7. The van der Waals surface area contributed by atoms with Gasteiger partial charge in [0, 0.05) is 6.42 Å². The van der Waals surface area contributed by atoms with E-state index in [1.54, 1.807) is 0 Å². The van der Waals surface area contributed by atoms with Crippen LogP contribution in [0.25, 0.3) is 0 Å². The molecule has 0 saturated carbocycles. The monoisotopic (exact) mass is 1240 g/mol. The molecule has 2 rings (SSSR count). The summed E-state index contributed by atoms with van der Waals surface area (Å²) in [5, 5.41) is 87.4. The van der Waals surface area contributed by atoms with Gasteiger partial charge in [-0.2, -0.15) is 0 Å². The molecular formula is C74H133NO13. The summed E-state index contributed by atoms with van der Waals surface area (Å²) in [7, 11) is 0. The molecule has 0 aliphatic carbocycles. The lowest BCUT2D eigenvalue weighted by atomic mass is 9.97. The molecule has 2 saturated heterocycles. The SMILES string of the molecule is CC/C=C\C/C=C\C/C=C\C/C=C\C/C=C\C/C=C\CCCCCCCCCCCCCCCCCCCCCCCCC(=O)NC(COC1OC(CO)C(OC2OC(CO)C(O)C(O)C2O)C(O)C1O)C(O)CCCCCCCCCCCCCCC. The standard InChI is InChI=1S/C74H133NO13/c1-3-5-7-9-11-13-15-17-18-19-20-21-22-23-24-25-26-27-28-29-30-31-32-33-34-35-36-37-38-39-40-41-42-43-44-46-48-50-52-54-56-58-66(79)75-62(63(78)57-55-53-51-49-47-45-16-14-12-10-8-6-4-2)61-85-73-71(84)69(82)72(65(60-77)87-73)88-74-70(83)68(81)67(80)64(59-76)86-74/h5,7,11,13,17-18,20-21,23-24,26-27,62-65,67-74,76-78,80-84H,3-4,6,8-10,12,14-16,19,22,25,28-61H2,1-2H3,(H,75,79)/b7-5-,13-11-,18-17-,21-20-,24-23-,27-26-. The van der Waals surface area contributed by atoms with Crippen molar-refractivity contribution in [3.63, 3.8) is 0 Å². The third kappa shape index (κ3) is 41.8. The predicted octanol–water partition coefficient (Wildman–Crippen LogP) is 15.0. The van der Waals surface area contributed by atoms with Crippen LogP contribution in [0.5, 0.6) is 0 Å². The van der Waals surface area contributed by atoms with Crippen LogP contribution in [0.15, 0.2) is 72.9 Å². The maximum atomic E-state index is 13.3. The van der Waals surface area contributed by atoms with Crippen LogP contribution in [0.2, 0.25) is 0 Å². The molecule has 12 unspecified atom stereocenters. The van der Waals surface area contributed by atoms with Gasteiger partial charge in [0.2, 0.25) is 5.91 Å². The number of nitrogens with one attached hydrogen (secondary N) is 1. The highest BCUT2D eigenvalue weighted by molar-refractivity contribution is 5.76. The minimum atomic E-state index is -1.78. The normalized spacial score (nSPS) is 23.6.